The second-order valence-electron chi connectivity index (χ2n) is 34.8. The lowest BCUT2D eigenvalue weighted by Crippen LogP contribution is -2.42. The summed E-state index contributed by atoms with van der Waals surface area (Å²) in [6.07, 6.45) is 38.8. The SMILES string of the molecule is [C-]#[N+]C1=C(/C=C/c2cc(OCCCC)c(N(CCCC)CCCC)cc2OCCCC)C(=O)N(CCCC)/C1=C(\C#N)[N+]#[C-].[C-]#[N+]C1=C(/C=C/c2ccc(C#Cc3ccc(N(CCCC)CCCC)cc3OC(C)C)cc2)C(=O)N(CCCC)C1C(C#N)[N+]#[C-].[C-]#[N+]C1=C(/C=C/c2ccc(N(CC)CCOC(=O)C(CC)CCCC)cc2SCCCCCCCC)C(=O)N(CCCC)/C1=C(\C#N)[N+]#[C-]. The molecule has 3 unspecified atom stereocenters. The number of nitriles is 3. The number of benzene rings is 4. The molecule has 7 rings (SSSR count). The van der Waals surface area contributed by atoms with Gasteiger partial charge in [0.2, 0.25) is 34.8 Å². The number of amides is 3. The molecular weight excluding hydrogens is 1750 g/mol. The molecule has 738 valence electrons. The first-order valence-corrected chi connectivity index (χ1v) is 51.8. The van der Waals surface area contributed by atoms with E-state index in [0.29, 0.717) is 64.6 Å². The van der Waals surface area contributed by atoms with Crippen LogP contribution in [0, 0.1) is 91.2 Å². The van der Waals surface area contributed by atoms with Gasteiger partial charge in [0.25, 0.3) is 11.4 Å². The number of nitrogens with zero attached hydrogens (tertiary/aromatic N) is 15. The number of allylic oxidation sites excluding steroid dienone is 2. The van der Waals surface area contributed by atoms with E-state index in [4.69, 9.17) is 58.4 Å². The molecule has 0 N–H and O–H groups in total. The number of carbonyl (C=O) groups excluding carboxylic acids is 4. The van der Waals surface area contributed by atoms with Crippen LogP contribution < -0.4 is 28.9 Å². The van der Waals surface area contributed by atoms with Crippen molar-refractivity contribution in [3.8, 4) is 47.3 Å². The average Bonchev–Trinajstić information content (AvgIpc) is 1.64. The van der Waals surface area contributed by atoms with E-state index in [0.717, 1.165) is 235 Å². The summed E-state index contributed by atoms with van der Waals surface area (Å²) in [5, 5.41) is 28.8. The van der Waals surface area contributed by atoms with Gasteiger partial charge in [-0.1, -0.05) is 252 Å². The van der Waals surface area contributed by atoms with E-state index in [1.807, 2.05) is 114 Å². The predicted molar refractivity (Wildman–Crippen MR) is 565 cm³/mol. The molecule has 3 aliphatic heterocycles. The van der Waals surface area contributed by atoms with Gasteiger partial charge < -0.3 is 48.3 Å². The zero-order valence-corrected chi connectivity index (χ0v) is 86.4. The van der Waals surface area contributed by atoms with Crippen molar-refractivity contribution in [2.75, 3.05) is 99.2 Å². The molecule has 139 heavy (non-hydrogen) atoms. The highest BCUT2D eigenvalue weighted by Gasteiger charge is 2.47. The maximum atomic E-state index is 13.6. The van der Waals surface area contributed by atoms with Crippen LogP contribution in [0.1, 0.15) is 311 Å². The maximum Gasteiger partial charge on any atom is 0.322 e. The van der Waals surface area contributed by atoms with Crippen molar-refractivity contribution in [1.29, 1.82) is 15.8 Å². The highest BCUT2D eigenvalue weighted by atomic mass is 32.2. The van der Waals surface area contributed by atoms with Gasteiger partial charge in [0.15, 0.2) is 12.1 Å². The smallest absolute Gasteiger partial charge is 0.322 e. The van der Waals surface area contributed by atoms with Gasteiger partial charge in [0.1, 0.15) is 23.9 Å². The number of unbranched alkanes of at least 4 members (excludes halogenated alkanes) is 15. The van der Waals surface area contributed by atoms with Gasteiger partial charge in [-0.3, -0.25) is 24.0 Å². The molecule has 0 radical (unpaired) electrons. The number of carbonyl (C=O) groups is 4. The van der Waals surface area contributed by atoms with Crippen molar-refractivity contribution >= 4 is 70.7 Å². The monoisotopic (exact) mass is 1900 g/mol. The molecular formula is C115H149N15O8S. The van der Waals surface area contributed by atoms with Crippen LogP contribution in [-0.2, 0) is 23.9 Å². The van der Waals surface area contributed by atoms with Crippen LogP contribution in [0.2, 0.25) is 0 Å². The molecule has 0 bridgehead atoms. The second-order valence-corrected chi connectivity index (χ2v) is 36.0. The Kier molecular flexibility index (Phi) is 55.5. The Morgan fingerprint density at radius 1 is 0.482 bits per heavy atom. The fraction of sp³-hybridized carbons (Fsp3) is 0.522. The molecule has 0 spiro atoms. The highest BCUT2D eigenvalue weighted by Crippen LogP contribution is 2.42. The number of ether oxygens (including phenoxy) is 4. The molecule has 23 nitrogen and oxygen atoms in total. The number of anilines is 3. The van der Waals surface area contributed by atoms with Gasteiger partial charge in [0.05, 0.1) is 99.4 Å². The number of hydrogen-bond donors (Lipinski definition) is 0. The van der Waals surface area contributed by atoms with Crippen molar-refractivity contribution in [2.24, 2.45) is 5.92 Å². The van der Waals surface area contributed by atoms with E-state index >= 15 is 0 Å². The number of hydrogen-bond acceptors (Lipinski definition) is 15. The number of esters is 1. The zero-order valence-electron chi connectivity index (χ0n) is 85.6. The molecule has 4 aromatic rings. The van der Waals surface area contributed by atoms with E-state index in [1.165, 1.54) is 46.8 Å². The van der Waals surface area contributed by atoms with Gasteiger partial charge in [0, 0.05) is 109 Å². The zero-order chi connectivity index (χ0) is 102. The lowest BCUT2D eigenvalue weighted by atomic mass is 10.00. The largest absolute Gasteiger partial charge is 0.493 e. The van der Waals surface area contributed by atoms with Crippen LogP contribution in [0.4, 0.5) is 17.1 Å². The topological polar surface area (TPSA) is 222 Å². The minimum Gasteiger partial charge on any atom is -0.493 e. The second kappa shape index (κ2) is 66.3. The van der Waals surface area contributed by atoms with Crippen molar-refractivity contribution < 1.29 is 38.1 Å². The average molecular weight is 1900 g/mol. The van der Waals surface area contributed by atoms with Crippen LogP contribution in [-0.4, -0.2) is 141 Å². The van der Waals surface area contributed by atoms with Crippen molar-refractivity contribution in [3.05, 3.63) is 244 Å². The third-order valence-electron chi connectivity index (χ3n) is 24.0. The van der Waals surface area contributed by atoms with Crippen LogP contribution in [0.5, 0.6) is 17.2 Å². The van der Waals surface area contributed by atoms with Gasteiger partial charge in [-0.25, -0.2) is 41.3 Å². The summed E-state index contributed by atoms with van der Waals surface area (Å²) in [5.74, 6) is 8.57. The number of likely N-dealkylation sites (N-methyl/N-ethyl adjacent to an activating group) is 1. The minimum absolute atomic E-state index is 0.0213. The molecule has 0 aliphatic carbocycles. The number of rotatable bonds is 58. The van der Waals surface area contributed by atoms with E-state index in [-0.39, 0.29) is 92.3 Å². The summed E-state index contributed by atoms with van der Waals surface area (Å²) in [7, 11) is 0. The summed E-state index contributed by atoms with van der Waals surface area (Å²) in [6, 6.07) is 28.0. The maximum absolute atomic E-state index is 13.6. The van der Waals surface area contributed by atoms with Crippen LogP contribution in [0.3, 0.4) is 0 Å². The standard InChI is InChI=1S/C40H55N5O3S.C39H45N5O2.C36H49N5O3/c1-8-13-16-17-18-19-28-49-36-29-33(44(12-5)26-27-48-40(47)31(11-4)20-14-9-2)23-21-32(36)22-24-34-37(43-7)38(35(30-41)42-6)45(39(34)46)25-15-10-3;1-8-11-24-43(25-12-9-2)33-22-21-32(36(27-33)46-29(4)5)20-18-30-14-16-31(17-15-30)19-23-34-37(42-7)38(35(28-40)41-6)44(39(34)45)26-13-10-3;1-8-13-20-40(21-14-9-2)31-26-32(43-23-16-11-4)28(25-33(31)44-24-17-12-5)18-19-29-34(39-7)35(30(27-37)38-6)41(36(29)42)22-15-10-3/h21-24,29,31H,8-20,25-28H2,1-5H3;14-17,19,21-23,27,29,35,38H,8-13,24-26H2,1-5H3;18-19,25-26H,8-17,20-24H2,1-5H3/b24-22+,38-35+;23-19+;19-18+,35-30+. The quantitative estimate of drug-likeness (QED) is 0.0100. The van der Waals surface area contributed by atoms with Crippen LogP contribution >= 0.6 is 11.8 Å². The molecule has 3 heterocycles. The van der Waals surface area contributed by atoms with Crippen molar-refractivity contribution in [3.63, 3.8) is 0 Å². The highest BCUT2D eigenvalue weighted by molar-refractivity contribution is 7.99. The van der Waals surface area contributed by atoms with Gasteiger partial charge in [-0.2, -0.15) is 5.26 Å². The summed E-state index contributed by atoms with van der Waals surface area (Å²) in [5.41, 5.74) is 7.99. The van der Waals surface area contributed by atoms with Crippen LogP contribution in [0.15, 0.2) is 153 Å². The first-order valence-electron chi connectivity index (χ1n) is 50.8. The third kappa shape index (κ3) is 35.6. The molecule has 4 aromatic carbocycles. The van der Waals surface area contributed by atoms with Crippen LogP contribution in [0.25, 0.3) is 47.3 Å². The summed E-state index contributed by atoms with van der Waals surface area (Å²) in [4.78, 5) is 86.6. The molecule has 3 amide bonds. The van der Waals surface area contributed by atoms with Gasteiger partial charge >= 0.3 is 12.0 Å². The van der Waals surface area contributed by atoms with Crippen molar-refractivity contribution in [1.82, 2.24) is 14.7 Å². The fourth-order valence-corrected chi connectivity index (χ4v) is 16.9. The Morgan fingerprint density at radius 2 is 0.993 bits per heavy atom. The molecule has 0 aromatic heterocycles. The summed E-state index contributed by atoms with van der Waals surface area (Å²) < 4.78 is 24.6. The first-order chi connectivity index (χ1) is 67.6. The van der Waals surface area contributed by atoms with Gasteiger partial charge in [-0.05, 0) is 157 Å². The molecule has 3 aliphatic rings. The molecule has 24 heteroatoms. The fourth-order valence-electron chi connectivity index (χ4n) is 15.9. The Morgan fingerprint density at radius 3 is 1.50 bits per heavy atom. The lowest BCUT2D eigenvalue weighted by Gasteiger charge is -2.28. The minimum atomic E-state index is -1.11. The Balaban J connectivity index is 0.000000368. The Hall–Kier alpha value is -13.2. The Bertz CT molecular complexity index is 5360. The van der Waals surface area contributed by atoms with E-state index in [2.05, 4.69) is 142 Å². The first kappa shape index (κ1) is 116. The third-order valence-corrected chi connectivity index (χ3v) is 25.2. The summed E-state index contributed by atoms with van der Waals surface area (Å²) >= 11 is 1.78. The van der Waals surface area contributed by atoms with E-state index in [1.54, 1.807) is 42.1 Å². The summed E-state index contributed by atoms with van der Waals surface area (Å²) in [6.45, 7) is 85.3. The predicted octanol–water partition coefficient (Wildman–Crippen LogP) is 27.4. The molecule has 0 saturated heterocycles. The molecule has 0 saturated carbocycles. The van der Waals surface area contributed by atoms with Crippen molar-refractivity contribution in [2.45, 2.75) is 307 Å². The van der Waals surface area contributed by atoms with Gasteiger partial charge in [-0.15, -0.1) is 11.8 Å². The molecule has 0 fully saturated rings. The van der Waals surface area contributed by atoms with E-state index < -0.39 is 12.1 Å². The number of thioether (sulfide) groups is 1. The van der Waals surface area contributed by atoms with E-state index in [9.17, 15) is 35.0 Å². The Labute approximate surface area is 837 Å². The lowest BCUT2D eigenvalue weighted by molar-refractivity contribution is -0.148. The normalized spacial score (nSPS) is 14.5. The molecule has 3 atom stereocenters.